The van der Waals surface area contributed by atoms with Crippen LogP contribution in [0.25, 0.3) is 11.0 Å². The van der Waals surface area contributed by atoms with Gasteiger partial charge in [0.2, 0.25) is 0 Å². The predicted molar refractivity (Wildman–Crippen MR) is 76.6 cm³/mol. The number of nitrogens with zero attached hydrogens (tertiary/aromatic N) is 2. The van der Waals surface area contributed by atoms with Crippen molar-refractivity contribution in [3.8, 4) is 0 Å². The molecule has 106 valence electrons. The molecule has 2 atom stereocenters. The summed E-state index contributed by atoms with van der Waals surface area (Å²) in [5, 5.41) is 0. The number of aromatic amines is 1. The smallest absolute Gasteiger partial charge is 0.254 e. The van der Waals surface area contributed by atoms with Gasteiger partial charge in [-0.1, -0.05) is 6.92 Å². The van der Waals surface area contributed by atoms with Gasteiger partial charge in [-0.3, -0.25) is 4.79 Å². The van der Waals surface area contributed by atoms with E-state index in [0.717, 1.165) is 24.0 Å². The van der Waals surface area contributed by atoms with Crippen molar-refractivity contribution < 1.29 is 9.53 Å². The summed E-state index contributed by atoms with van der Waals surface area (Å²) >= 11 is 0. The van der Waals surface area contributed by atoms with E-state index in [1.165, 1.54) is 0 Å². The summed E-state index contributed by atoms with van der Waals surface area (Å²) in [7, 11) is 1.71. The molecule has 2 aromatic rings. The third-order valence-corrected chi connectivity index (χ3v) is 4.15. The lowest BCUT2D eigenvalue weighted by atomic mass is 9.95. The highest BCUT2D eigenvalue weighted by atomic mass is 16.5. The molecule has 1 amide bonds. The van der Waals surface area contributed by atoms with Gasteiger partial charge < -0.3 is 14.6 Å². The van der Waals surface area contributed by atoms with E-state index in [4.69, 9.17) is 4.74 Å². The number of likely N-dealkylation sites (tertiary alicyclic amines) is 1. The van der Waals surface area contributed by atoms with Gasteiger partial charge >= 0.3 is 0 Å². The zero-order valence-electron chi connectivity index (χ0n) is 11.8. The third kappa shape index (κ3) is 2.29. The highest BCUT2D eigenvalue weighted by Crippen LogP contribution is 2.22. The van der Waals surface area contributed by atoms with Crippen LogP contribution < -0.4 is 0 Å². The van der Waals surface area contributed by atoms with Gasteiger partial charge in [0.25, 0.3) is 5.91 Å². The summed E-state index contributed by atoms with van der Waals surface area (Å²) in [6.07, 6.45) is 2.75. The van der Waals surface area contributed by atoms with Gasteiger partial charge in [0.15, 0.2) is 0 Å². The topological polar surface area (TPSA) is 58.2 Å². The molecule has 1 aliphatic heterocycles. The summed E-state index contributed by atoms with van der Waals surface area (Å²) in [5.74, 6) is 0.564. The number of nitrogens with one attached hydrogen (secondary N) is 1. The Bertz CT molecular complexity index is 622. The molecule has 0 saturated carbocycles. The van der Waals surface area contributed by atoms with Crippen LogP contribution in [-0.4, -0.2) is 47.1 Å². The molecule has 1 aliphatic rings. The van der Waals surface area contributed by atoms with Crippen molar-refractivity contribution in [2.24, 2.45) is 5.92 Å². The highest BCUT2D eigenvalue weighted by molar-refractivity contribution is 5.97. The van der Waals surface area contributed by atoms with Crippen molar-refractivity contribution in [2.75, 3.05) is 20.2 Å². The molecule has 0 spiro atoms. The van der Waals surface area contributed by atoms with Gasteiger partial charge in [0, 0.05) is 25.8 Å². The Kier molecular flexibility index (Phi) is 3.44. The van der Waals surface area contributed by atoms with Crippen molar-refractivity contribution in [2.45, 2.75) is 19.4 Å². The SMILES string of the molecule is COC1CN(C(=O)c2ccc3nc[nH]c3c2)CCC1C. The molecular weight excluding hydrogens is 254 g/mol. The fourth-order valence-corrected chi connectivity index (χ4v) is 2.78. The van der Waals surface area contributed by atoms with Crippen LogP contribution in [0, 0.1) is 5.92 Å². The summed E-state index contributed by atoms with van der Waals surface area (Å²) in [4.78, 5) is 21.7. The fraction of sp³-hybridized carbons (Fsp3) is 0.467. The lowest BCUT2D eigenvalue weighted by Crippen LogP contribution is -2.46. The number of methoxy groups -OCH3 is 1. The third-order valence-electron chi connectivity index (χ3n) is 4.15. The Hall–Kier alpha value is -1.88. The number of benzene rings is 1. The van der Waals surface area contributed by atoms with E-state index >= 15 is 0 Å². The molecule has 5 nitrogen and oxygen atoms in total. The van der Waals surface area contributed by atoms with Crippen LogP contribution in [0.1, 0.15) is 23.7 Å². The summed E-state index contributed by atoms with van der Waals surface area (Å²) in [6, 6.07) is 5.58. The molecule has 20 heavy (non-hydrogen) atoms. The molecule has 1 saturated heterocycles. The normalized spacial score (nSPS) is 23.2. The van der Waals surface area contributed by atoms with E-state index in [2.05, 4.69) is 16.9 Å². The number of amides is 1. The monoisotopic (exact) mass is 273 g/mol. The molecule has 5 heteroatoms. The van der Waals surface area contributed by atoms with Crippen LogP contribution in [0.2, 0.25) is 0 Å². The first kappa shape index (κ1) is 13.1. The minimum Gasteiger partial charge on any atom is -0.379 e. The largest absolute Gasteiger partial charge is 0.379 e. The number of carbonyl (C=O) groups excluding carboxylic acids is 1. The average molecular weight is 273 g/mol. The van der Waals surface area contributed by atoms with E-state index in [9.17, 15) is 4.79 Å². The summed E-state index contributed by atoms with van der Waals surface area (Å²) < 4.78 is 5.47. The maximum absolute atomic E-state index is 12.6. The first-order valence-corrected chi connectivity index (χ1v) is 6.94. The van der Waals surface area contributed by atoms with Crippen LogP contribution in [0.5, 0.6) is 0 Å². The van der Waals surface area contributed by atoms with Crippen LogP contribution in [0.15, 0.2) is 24.5 Å². The minimum absolute atomic E-state index is 0.0652. The van der Waals surface area contributed by atoms with Crippen molar-refractivity contribution in [3.63, 3.8) is 0 Å². The first-order valence-electron chi connectivity index (χ1n) is 6.94. The minimum atomic E-state index is 0.0652. The van der Waals surface area contributed by atoms with Gasteiger partial charge in [0.05, 0.1) is 23.5 Å². The van der Waals surface area contributed by atoms with E-state index in [1.54, 1.807) is 13.4 Å². The number of hydrogen-bond acceptors (Lipinski definition) is 3. The summed E-state index contributed by atoms with van der Waals surface area (Å²) in [5.41, 5.74) is 2.47. The Balaban J connectivity index is 1.81. The van der Waals surface area contributed by atoms with Crippen LogP contribution in [0.4, 0.5) is 0 Å². The van der Waals surface area contributed by atoms with Gasteiger partial charge in [-0.2, -0.15) is 0 Å². The number of fused-ring (bicyclic) bond motifs is 1. The molecule has 3 rings (SSSR count). The van der Waals surface area contributed by atoms with E-state index in [-0.39, 0.29) is 12.0 Å². The number of H-pyrrole nitrogens is 1. The van der Waals surface area contributed by atoms with Crippen LogP contribution in [-0.2, 0) is 4.74 Å². The predicted octanol–water partition coefficient (Wildman–Crippen LogP) is 2.06. The molecule has 0 radical (unpaired) electrons. The van der Waals surface area contributed by atoms with E-state index < -0.39 is 0 Å². The number of carbonyl (C=O) groups is 1. The van der Waals surface area contributed by atoms with E-state index in [1.807, 2.05) is 23.1 Å². The van der Waals surface area contributed by atoms with Gasteiger partial charge in [-0.05, 0) is 30.5 Å². The molecular formula is C15H19N3O2. The van der Waals surface area contributed by atoms with Crippen LogP contribution >= 0.6 is 0 Å². The zero-order valence-corrected chi connectivity index (χ0v) is 11.8. The molecule has 2 unspecified atom stereocenters. The lowest BCUT2D eigenvalue weighted by Gasteiger charge is -2.36. The molecule has 1 aromatic heterocycles. The van der Waals surface area contributed by atoms with Gasteiger partial charge in [-0.25, -0.2) is 4.98 Å². The molecule has 0 bridgehead atoms. The number of ether oxygens (including phenoxy) is 1. The summed E-state index contributed by atoms with van der Waals surface area (Å²) in [6.45, 7) is 3.63. The standard InChI is InChI=1S/C15H19N3O2/c1-10-5-6-18(8-14(10)20-2)15(19)11-3-4-12-13(7-11)17-9-16-12/h3-4,7,9-10,14H,5-6,8H2,1-2H3,(H,16,17). The number of hydrogen-bond donors (Lipinski definition) is 1. The second-order valence-electron chi connectivity index (χ2n) is 5.43. The first-order chi connectivity index (χ1) is 9.69. The molecule has 1 fully saturated rings. The fourth-order valence-electron chi connectivity index (χ4n) is 2.78. The maximum Gasteiger partial charge on any atom is 0.254 e. The Morgan fingerprint density at radius 3 is 3.15 bits per heavy atom. The lowest BCUT2D eigenvalue weighted by molar-refractivity contribution is -0.00155. The second-order valence-corrected chi connectivity index (χ2v) is 5.43. The highest BCUT2D eigenvalue weighted by Gasteiger charge is 2.29. The Morgan fingerprint density at radius 1 is 1.50 bits per heavy atom. The van der Waals surface area contributed by atoms with Crippen molar-refractivity contribution in [1.82, 2.24) is 14.9 Å². The number of imidazole rings is 1. The maximum atomic E-state index is 12.6. The number of piperidine rings is 1. The molecule has 1 N–H and O–H groups in total. The second kappa shape index (κ2) is 5.25. The Morgan fingerprint density at radius 2 is 2.35 bits per heavy atom. The number of aromatic nitrogens is 2. The van der Waals surface area contributed by atoms with Gasteiger partial charge in [0.1, 0.15) is 0 Å². The van der Waals surface area contributed by atoms with Gasteiger partial charge in [-0.15, -0.1) is 0 Å². The average Bonchev–Trinajstić information content (AvgIpc) is 2.94. The van der Waals surface area contributed by atoms with Crippen LogP contribution in [0.3, 0.4) is 0 Å². The molecule has 1 aromatic carbocycles. The zero-order chi connectivity index (χ0) is 14.1. The Labute approximate surface area is 117 Å². The van der Waals surface area contributed by atoms with Crippen molar-refractivity contribution >= 4 is 16.9 Å². The quantitative estimate of drug-likeness (QED) is 0.911. The van der Waals surface area contributed by atoms with Crippen molar-refractivity contribution in [1.29, 1.82) is 0 Å². The number of rotatable bonds is 2. The molecule has 2 heterocycles. The van der Waals surface area contributed by atoms with Crippen molar-refractivity contribution in [3.05, 3.63) is 30.1 Å². The van der Waals surface area contributed by atoms with E-state index in [0.29, 0.717) is 18.0 Å². The molecule has 0 aliphatic carbocycles.